The van der Waals surface area contributed by atoms with Crippen LogP contribution in [-0.4, -0.2) is 14.1 Å². The van der Waals surface area contributed by atoms with Crippen LogP contribution in [-0.2, 0) is 10.0 Å². The Hall–Kier alpha value is -1.65. The van der Waals surface area contributed by atoms with Crippen molar-refractivity contribution in [2.24, 2.45) is 4.40 Å². The zero-order valence-electron chi connectivity index (χ0n) is 9.17. The molecule has 0 aliphatic carbocycles. The lowest BCUT2D eigenvalue weighted by atomic mass is 10.0. The quantitative estimate of drug-likeness (QED) is 0.805. The molecule has 1 aliphatic rings. The van der Waals surface area contributed by atoms with Gasteiger partial charge >= 0.3 is 0 Å². The molecule has 3 nitrogen and oxygen atoms in total. The van der Waals surface area contributed by atoms with Crippen molar-refractivity contribution in [3.63, 3.8) is 0 Å². The average molecular weight is 278 g/mol. The van der Waals surface area contributed by atoms with Gasteiger partial charge in [-0.1, -0.05) is 54.1 Å². The van der Waals surface area contributed by atoms with E-state index in [1.807, 2.05) is 30.3 Å². The summed E-state index contributed by atoms with van der Waals surface area (Å²) in [5.41, 5.74) is 1.78. The van der Waals surface area contributed by atoms with Crippen LogP contribution in [0.5, 0.6) is 0 Å². The summed E-state index contributed by atoms with van der Waals surface area (Å²) in [4.78, 5) is 0.102. The van der Waals surface area contributed by atoms with E-state index in [0.717, 1.165) is 5.56 Å². The molecule has 0 amide bonds. The molecule has 0 bridgehead atoms. The number of rotatable bonds is 1. The highest BCUT2D eigenvalue weighted by Crippen LogP contribution is 2.34. The number of hydrogen-bond acceptors (Lipinski definition) is 2. The van der Waals surface area contributed by atoms with E-state index in [4.69, 9.17) is 11.6 Å². The molecule has 0 atom stereocenters. The minimum atomic E-state index is -3.68. The van der Waals surface area contributed by atoms with Gasteiger partial charge in [0.1, 0.15) is 4.90 Å². The van der Waals surface area contributed by atoms with Crippen molar-refractivity contribution in [2.45, 2.75) is 4.90 Å². The summed E-state index contributed by atoms with van der Waals surface area (Å²) in [6.45, 7) is 0. The maximum absolute atomic E-state index is 12.0. The first-order valence-electron chi connectivity index (χ1n) is 5.29. The highest BCUT2D eigenvalue weighted by atomic mass is 35.5. The molecule has 0 saturated carbocycles. The second-order valence-electron chi connectivity index (χ2n) is 3.90. The lowest BCUT2D eigenvalue weighted by Crippen LogP contribution is -2.00. The van der Waals surface area contributed by atoms with Crippen molar-refractivity contribution in [3.8, 4) is 0 Å². The maximum atomic E-state index is 12.0. The van der Waals surface area contributed by atoms with Crippen LogP contribution in [0, 0.1) is 0 Å². The van der Waals surface area contributed by atoms with Crippen LogP contribution in [0.1, 0.15) is 11.1 Å². The van der Waals surface area contributed by atoms with Gasteiger partial charge in [0.2, 0.25) is 0 Å². The van der Waals surface area contributed by atoms with Crippen LogP contribution in [0.25, 0.3) is 0 Å². The highest BCUT2D eigenvalue weighted by Gasteiger charge is 2.31. The largest absolute Gasteiger partial charge is 0.285 e. The van der Waals surface area contributed by atoms with Crippen molar-refractivity contribution < 1.29 is 8.42 Å². The summed E-state index contributed by atoms with van der Waals surface area (Å²) >= 11 is 5.95. The first-order chi connectivity index (χ1) is 8.59. The molecule has 0 fully saturated rings. The topological polar surface area (TPSA) is 46.5 Å². The van der Waals surface area contributed by atoms with Gasteiger partial charge in [0.15, 0.2) is 0 Å². The van der Waals surface area contributed by atoms with Crippen LogP contribution >= 0.6 is 11.6 Å². The number of halogens is 1. The molecule has 0 aromatic heterocycles. The van der Waals surface area contributed by atoms with Gasteiger partial charge in [-0.2, -0.15) is 12.8 Å². The van der Waals surface area contributed by atoms with Crippen LogP contribution < -0.4 is 0 Å². The van der Waals surface area contributed by atoms with Gasteiger partial charge in [-0.05, 0) is 6.07 Å². The summed E-state index contributed by atoms with van der Waals surface area (Å²) in [6, 6.07) is 14.2. The van der Waals surface area contributed by atoms with E-state index >= 15 is 0 Å². The van der Waals surface area contributed by atoms with Gasteiger partial charge in [0.25, 0.3) is 10.0 Å². The molecule has 0 saturated heterocycles. The second kappa shape index (κ2) is 3.93. The molecule has 1 heterocycles. The third-order valence-corrected chi connectivity index (χ3v) is 4.54. The molecule has 3 rings (SSSR count). The fourth-order valence-corrected chi connectivity index (χ4v) is 3.74. The predicted octanol–water partition coefficient (Wildman–Crippen LogP) is 2.88. The number of benzene rings is 2. The normalized spacial score (nSPS) is 16.2. The Balaban J connectivity index is 2.32. The van der Waals surface area contributed by atoms with E-state index in [0.29, 0.717) is 11.3 Å². The van der Waals surface area contributed by atoms with Gasteiger partial charge in [-0.3, -0.25) is 0 Å². The number of hydrogen-bond donors (Lipinski definition) is 0. The molecule has 90 valence electrons. The standard InChI is InChI=1S/C13H8ClNO2S/c14-11-8-4-7-10-12(9-5-2-1-3-6-9)15-18(16,17)13(10)11/h1-8H. The van der Waals surface area contributed by atoms with E-state index < -0.39 is 10.0 Å². The van der Waals surface area contributed by atoms with Gasteiger partial charge in [0.05, 0.1) is 10.7 Å². The molecule has 5 heteroatoms. The van der Waals surface area contributed by atoms with E-state index in [-0.39, 0.29) is 9.92 Å². The molecule has 18 heavy (non-hydrogen) atoms. The van der Waals surface area contributed by atoms with Crippen molar-refractivity contribution in [2.75, 3.05) is 0 Å². The Morgan fingerprint density at radius 1 is 0.944 bits per heavy atom. The summed E-state index contributed by atoms with van der Waals surface area (Å²) < 4.78 is 27.8. The molecule has 0 radical (unpaired) electrons. The Morgan fingerprint density at radius 3 is 2.39 bits per heavy atom. The second-order valence-corrected chi connectivity index (χ2v) is 5.85. The third-order valence-electron chi connectivity index (χ3n) is 2.74. The average Bonchev–Trinajstić information content (AvgIpc) is 2.64. The van der Waals surface area contributed by atoms with E-state index in [2.05, 4.69) is 4.40 Å². The minimum absolute atomic E-state index is 0.102. The fourth-order valence-electron chi connectivity index (χ4n) is 1.98. The fraction of sp³-hybridized carbons (Fsp3) is 0. The van der Waals surface area contributed by atoms with Crippen molar-refractivity contribution in [1.82, 2.24) is 0 Å². The molecular weight excluding hydrogens is 270 g/mol. The van der Waals surface area contributed by atoms with Crippen molar-refractivity contribution >= 4 is 27.3 Å². The molecular formula is C13H8ClNO2S. The van der Waals surface area contributed by atoms with Gasteiger partial charge in [-0.25, -0.2) is 0 Å². The smallest absolute Gasteiger partial charge is 0.199 e. The van der Waals surface area contributed by atoms with Gasteiger partial charge < -0.3 is 0 Å². The Bertz CT molecular complexity index is 752. The molecule has 0 unspecified atom stereocenters. The maximum Gasteiger partial charge on any atom is 0.285 e. The lowest BCUT2D eigenvalue weighted by Gasteiger charge is -2.02. The van der Waals surface area contributed by atoms with Crippen LogP contribution in [0.4, 0.5) is 0 Å². The Kier molecular flexibility index (Phi) is 2.50. The number of fused-ring (bicyclic) bond motifs is 1. The first kappa shape index (κ1) is 11.4. The zero-order chi connectivity index (χ0) is 12.8. The summed E-state index contributed by atoms with van der Waals surface area (Å²) in [5, 5.41) is 0.210. The third kappa shape index (κ3) is 1.65. The van der Waals surface area contributed by atoms with Crippen molar-refractivity contribution in [1.29, 1.82) is 0 Å². The molecule has 2 aromatic carbocycles. The van der Waals surface area contributed by atoms with Crippen molar-refractivity contribution in [3.05, 3.63) is 64.7 Å². The van der Waals surface area contributed by atoms with Gasteiger partial charge in [0, 0.05) is 11.1 Å². The minimum Gasteiger partial charge on any atom is -0.199 e. The SMILES string of the molecule is O=S1(=O)N=C(c2ccccc2)c2cccc(Cl)c21. The van der Waals surface area contributed by atoms with Gasteiger partial charge in [-0.15, -0.1) is 0 Å². The molecule has 0 spiro atoms. The van der Waals surface area contributed by atoms with Crippen LogP contribution in [0.3, 0.4) is 0 Å². The lowest BCUT2D eigenvalue weighted by molar-refractivity contribution is 0.599. The predicted molar refractivity (Wildman–Crippen MR) is 70.7 cm³/mol. The van der Waals surface area contributed by atoms with Crippen LogP contribution in [0.15, 0.2) is 57.8 Å². The Morgan fingerprint density at radius 2 is 1.67 bits per heavy atom. The first-order valence-corrected chi connectivity index (χ1v) is 7.11. The van der Waals surface area contributed by atoms with Crippen LogP contribution in [0.2, 0.25) is 5.02 Å². The highest BCUT2D eigenvalue weighted by molar-refractivity contribution is 7.91. The zero-order valence-corrected chi connectivity index (χ0v) is 10.7. The summed E-state index contributed by atoms with van der Waals surface area (Å²) in [7, 11) is -3.68. The summed E-state index contributed by atoms with van der Waals surface area (Å²) in [6.07, 6.45) is 0. The molecule has 2 aromatic rings. The van der Waals surface area contributed by atoms with E-state index in [1.54, 1.807) is 18.2 Å². The summed E-state index contributed by atoms with van der Waals surface area (Å²) in [5.74, 6) is 0. The number of nitrogens with zero attached hydrogens (tertiary/aromatic N) is 1. The monoisotopic (exact) mass is 277 g/mol. The van der Waals surface area contributed by atoms with E-state index in [1.165, 1.54) is 0 Å². The van der Waals surface area contributed by atoms with E-state index in [9.17, 15) is 8.42 Å². The number of sulfonamides is 1. The molecule has 0 N–H and O–H groups in total. The Labute approximate surface area is 110 Å². The molecule has 1 aliphatic heterocycles.